The number of thioether (sulfide) groups is 1. The van der Waals surface area contributed by atoms with Crippen LogP contribution in [0.5, 0.6) is 0 Å². The fourth-order valence-corrected chi connectivity index (χ4v) is 3.57. The molecule has 0 aromatic carbocycles. The van der Waals surface area contributed by atoms with Crippen molar-refractivity contribution in [3.8, 4) is 0 Å². The third kappa shape index (κ3) is 9.54. The molecule has 1 heterocycles. The van der Waals surface area contributed by atoms with Crippen molar-refractivity contribution in [3.05, 3.63) is 0 Å². The van der Waals surface area contributed by atoms with Gasteiger partial charge in [0.05, 0.1) is 6.61 Å². The maximum atomic E-state index is 11.6. The highest BCUT2D eigenvalue weighted by Crippen LogP contribution is 2.18. The van der Waals surface area contributed by atoms with Crippen molar-refractivity contribution >= 4 is 17.9 Å². The molecule has 0 spiro atoms. The number of hydrogen-bond donors (Lipinski definition) is 2. The molecule has 22 heavy (non-hydrogen) atoms. The van der Waals surface area contributed by atoms with E-state index >= 15 is 0 Å². The van der Waals surface area contributed by atoms with Crippen molar-refractivity contribution in [3.63, 3.8) is 0 Å². The van der Waals surface area contributed by atoms with Gasteiger partial charge >= 0.3 is 6.09 Å². The van der Waals surface area contributed by atoms with Gasteiger partial charge in [0, 0.05) is 25.7 Å². The van der Waals surface area contributed by atoms with E-state index in [9.17, 15) is 4.79 Å². The molecule has 1 unspecified atom stereocenters. The van der Waals surface area contributed by atoms with Crippen molar-refractivity contribution in [1.29, 1.82) is 0 Å². The first-order valence-electron chi connectivity index (χ1n) is 8.20. The second kappa shape index (κ2) is 10.3. The van der Waals surface area contributed by atoms with Crippen LogP contribution in [-0.4, -0.2) is 55.5 Å². The summed E-state index contributed by atoms with van der Waals surface area (Å²) in [5.74, 6) is 2.50. The molecule has 0 saturated carbocycles. The van der Waals surface area contributed by atoms with E-state index in [0.29, 0.717) is 18.6 Å². The molecule has 0 radical (unpaired) electrons. The van der Waals surface area contributed by atoms with Gasteiger partial charge in [-0.3, -0.25) is 0 Å². The first-order chi connectivity index (χ1) is 10.4. The van der Waals surface area contributed by atoms with E-state index in [1.807, 2.05) is 32.5 Å². The van der Waals surface area contributed by atoms with Crippen molar-refractivity contribution < 1.29 is 14.3 Å². The lowest BCUT2D eigenvalue weighted by Crippen LogP contribution is -2.43. The van der Waals surface area contributed by atoms with E-state index in [4.69, 9.17) is 9.47 Å². The number of rotatable bonds is 8. The van der Waals surface area contributed by atoms with Gasteiger partial charge in [-0.15, -0.1) is 0 Å². The predicted molar refractivity (Wildman–Crippen MR) is 92.6 cm³/mol. The Morgan fingerprint density at radius 3 is 2.59 bits per heavy atom. The number of nitrogens with one attached hydrogen (secondary N) is 2. The zero-order valence-electron chi connectivity index (χ0n) is 14.4. The predicted octanol–water partition coefficient (Wildman–Crippen LogP) is 2.79. The number of ether oxygens (including phenoxy) is 2. The molecular weight excluding hydrogens is 300 g/mol. The average molecular weight is 333 g/mol. The lowest BCUT2D eigenvalue weighted by atomic mass is 10.1. The summed E-state index contributed by atoms with van der Waals surface area (Å²) in [5, 5.41) is 6.51. The fourth-order valence-electron chi connectivity index (χ4n) is 2.47. The monoisotopic (exact) mass is 332 g/mol. The van der Waals surface area contributed by atoms with Gasteiger partial charge in [0.25, 0.3) is 0 Å². The van der Waals surface area contributed by atoms with Crippen LogP contribution in [-0.2, 0) is 9.47 Å². The van der Waals surface area contributed by atoms with Crippen LogP contribution in [0.25, 0.3) is 0 Å². The Bertz CT molecular complexity index is 315. The van der Waals surface area contributed by atoms with Crippen LogP contribution in [0.15, 0.2) is 0 Å². The summed E-state index contributed by atoms with van der Waals surface area (Å²) in [7, 11) is 1.74. The molecule has 1 atom stereocenters. The molecule has 1 amide bonds. The quantitative estimate of drug-likeness (QED) is 0.669. The van der Waals surface area contributed by atoms with Gasteiger partial charge in [0.2, 0.25) is 0 Å². The summed E-state index contributed by atoms with van der Waals surface area (Å²) >= 11 is 2.04. The lowest BCUT2D eigenvalue weighted by molar-refractivity contribution is 0.0526. The summed E-state index contributed by atoms with van der Waals surface area (Å²) in [6, 6.07) is 0.971. The first kappa shape index (κ1) is 19.6. The van der Waals surface area contributed by atoms with Gasteiger partial charge in [-0.2, -0.15) is 11.8 Å². The normalized spacial score (nSPS) is 18.0. The molecule has 0 bridgehead atoms. The number of carbonyl (C=O) groups is 1. The maximum absolute atomic E-state index is 11.6. The molecule has 130 valence electrons. The van der Waals surface area contributed by atoms with E-state index in [0.717, 1.165) is 19.4 Å². The Hall–Kier alpha value is -0.460. The standard InChI is InChI=1S/C16H32N2O3S/c1-16(2,3)21-15(19)17-9-5-6-14(12-20-4)18-13-7-10-22-11-8-13/h13-14,18H,5-12H2,1-4H3,(H,17,19). The molecular formula is C16H32N2O3S. The van der Waals surface area contributed by atoms with E-state index < -0.39 is 5.60 Å². The largest absolute Gasteiger partial charge is 0.444 e. The minimum atomic E-state index is -0.441. The molecule has 1 aliphatic rings. The Labute approximate surface area is 139 Å². The highest BCUT2D eigenvalue weighted by Gasteiger charge is 2.18. The van der Waals surface area contributed by atoms with Crippen molar-refractivity contribution in [2.75, 3.05) is 31.8 Å². The zero-order valence-corrected chi connectivity index (χ0v) is 15.3. The molecule has 1 fully saturated rings. The van der Waals surface area contributed by atoms with Crippen LogP contribution in [0.3, 0.4) is 0 Å². The number of methoxy groups -OCH3 is 1. The third-order valence-corrected chi connectivity index (χ3v) is 4.51. The van der Waals surface area contributed by atoms with Crippen molar-refractivity contribution in [2.24, 2.45) is 0 Å². The van der Waals surface area contributed by atoms with E-state index in [2.05, 4.69) is 10.6 Å². The highest BCUT2D eigenvalue weighted by molar-refractivity contribution is 7.99. The fraction of sp³-hybridized carbons (Fsp3) is 0.938. The second-order valence-corrected chi connectivity index (χ2v) is 8.00. The van der Waals surface area contributed by atoms with E-state index in [1.165, 1.54) is 24.3 Å². The van der Waals surface area contributed by atoms with Gasteiger partial charge in [-0.1, -0.05) is 0 Å². The number of alkyl carbamates (subject to hydrolysis) is 1. The van der Waals surface area contributed by atoms with E-state index in [1.54, 1.807) is 7.11 Å². The molecule has 1 saturated heterocycles. The average Bonchev–Trinajstić information content (AvgIpc) is 2.43. The molecule has 1 aliphatic heterocycles. The Morgan fingerprint density at radius 1 is 1.32 bits per heavy atom. The third-order valence-electron chi connectivity index (χ3n) is 3.46. The smallest absolute Gasteiger partial charge is 0.407 e. The van der Waals surface area contributed by atoms with Crippen LogP contribution >= 0.6 is 11.8 Å². The summed E-state index contributed by atoms with van der Waals surface area (Å²) in [6.45, 7) is 6.96. The number of hydrogen-bond acceptors (Lipinski definition) is 5. The van der Waals surface area contributed by atoms with E-state index in [-0.39, 0.29) is 6.09 Å². The Morgan fingerprint density at radius 2 is 2.00 bits per heavy atom. The van der Waals surface area contributed by atoms with Crippen LogP contribution in [0.1, 0.15) is 46.5 Å². The van der Waals surface area contributed by atoms with Gasteiger partial charge < -0.3 is 20.1 Å². The summed E-state index contributed by atoms with van der Waals surface area (Å²) in [6.07, 6.45) is 4.05. The molecule has 0 aromatic rings. The molecule has 0 aromatic heterocycles. The van der Waals surface area contributed by atoms with Gasteiger partial charge in [-0.05, 0) is 58.0 Å². The summed E-state index contributed by atoms with van der Waals surface area (Å²) in [4.78, 5) is 11.6. The first-order valence-corrected chi connectivity index (χ1v) is 9.36. The van der Waals surface area contributed by atoms with Crippen molar-refractivity contribution in [1.82, 2.24) is 10.6 Å². The van der Waals surface area contributed by atoms with Gasteiger partial charge in [0.1, 0.15) is 5.60 Å². The zero-order chi connectivity index (χ0) is 16.4. The number of amides is 1. The van der Waals surface area contributed by atoms with Crippen LogP contribution in [0.4, 0.5) is 4.79 Å². The van der Waals surface area contributed by atoms with Gasteiger partial charge in [-0.25, -0.2) is 4.79 Å². The minimum absolute atomic E-state index is 0.340. The summed E-state index contributed by atoms with van der Waals surface area (Å²) < 4.78 is 10.5. The molecule has 6 heteroatoms. The highest BCUT2D eigenvalue weighted by atomic mass is 32.2. The second-order valence-electron chi connectivity index (χ2n) is 6.78. The van der Waals surface area contributed by atoms with Crippen LogP contribution in [0.2, 0.25) is 0 Å². The lowest BCUT2D eigenvalue weighted by Gasteiger charge is -2.28. The van der Waals surface area contributed by atoms with Gasteiger partial charge in [0.15, 0.2) is 0 Å². The Balaban J connectivity index is 2.19. The van der Waals surface area contributed by atoms with Crippen molar-refractivity contribution in [2.45, 2.75) is 64.1 Å². The SMILES string of the molecule is COCC(CCCNC(=O)OC(C)(C)C)NC1CCSCC1. The minimum Gasteiger partial charge on any atom is -0.444 e. The Kier molecular flexibility index (Phi) is 9.21. The topological polar surface area (TPSA) is 59.6 Å². The molecule has 5 nitrogen and oxygen atoms in total. The molecule has 2 N–H and O–H groups in total. The maximum Gasteiger partial charge on any atom is 0.407 e. The van der Waals surface area contributed by atoms with Crippen LogP contribution in [0, 0.1) is 0 Å². The van der Waals surface area contributed by atoms with Crippen LogP contribution < -0.4 is 10.6 Å². The molecule has 0 aliphatic carbocycles. The molecule has 1 rings (SSSR count). The number of carbonyl (C=O) groups excluding carboxylic acids is 1. The summed E-state index contributed by atoms with van der Waals surface area (Å²) in [5.41, 5.74) is -0.441.